The van der Waals surface area contributed by atoms with Gasteiger partial charge >= 0.3 is 6.03 Å². The molecule has 0 saturated carbocycles. The second kappa shape index (κ2) is 5.93. The van der Waals surface area contributed by atoms with E-state index in [1.807, 2.05) is 6.07 Å². The molecule has 2 rings (SSSR count). The van der Waals surface area contributed by atoms with Gasteiger partial charge in [-0.15, -0.1) is 0 Å². The van der Waals surface area contributed by atoms with Gasteiger partial charge in [0.25, 0.3) is 0 Å². The highest BCUT2D eigenvalue weighted by Gasteiger charge is 2.15. The van der Waals surface area contributed by atoms with E-state index < -0.39 is 6.03 Å². The van der Waals surface area contributed by atoms with Gasteiger partial charge in [-0.25, -0.2) is 9.86 Å². The van der Waals surface area contributed by atoms with Crippen molar-refractivity contribution in [1.82, 2.24) is 5.06 Å². The molecule has 1 aromatic rings. The van der Waals surface area contributed by atoms with E-state index in [2.05, 4.69) is 24.0 Å². The number of hydrogen-bond acceptors (Lipinski definition) is 3. The number of nitrogens with two attached hydrogens (primary N) is 1. The van der Waals surface area contributed by atoms with Gasteiger partial charge in [0.1, 0.15) is 0 Å². The normalized spacial score (nSPS) is 14.7. The molecule has 0 aromatic heterocycles. The molecule has 1 heterocycles. The summed E-state index contributed by atoms with van der Waals surface area (Å²) in [5, 5.41) is 9.92. The maximum absolute atomic E-state index is 10.8. The highest BCUT2D eigenvalue weighted by atomic mass is 16.5. The SMILES string of the molecule is CCN1CCCCc2cc(CN(O)C(N)=O)ccc21. The summed E-state index contributed by atoms with van der Waals surface area (Å²) >= 11 is 0. The maximum Gasteiger partial charge on any atom is 0.338 e. The Balaban J connectivity index is 2.22. The third kappa shape index (κ3) is 3.17. The van der Waals surface area contributed by atoms with E-state index in [1.54, 1.807) is 0 Å². The molecule has 3 N–H and O–H groups in total. The second-order valence-electron chi connectivity index (χ2n) is 4.90. The summed E-state index contributed by atoms with van der Waals surface area (Å²) in [6.07, 6.45) is 3.42. The smallest absolute Gasteiger partial charge is 0.338 e. The molecule has 1 aromatic carbocycles. The molecule has 0 atom stereocenters. The van der Waals surface area contributed by atoms with E-state index in [-0.39, 0.29) is 6.54 Å². The number of anilines is 1. The van der Waals surface area contributed by atoms with Crippen LogP contribution in [0.3, 0.4) is 0 Å². The first-order valence-corrected chi connectivity index (χ1v) is 6.74. The van der Waals surface area contributed by atoms with E-state index in [4.69, 9.17) is 5.73 Å². The van der Waals surface area contributed by atoms with Gasteiger partial charge in [-0.1, -0.05) is 12.1 Å². The molecule has 0 aliphatic carbocycles. The van der Waals surface area contributed by atoms with Gasteiger partial charge < -0.3 is 10.6 Å². The first-order chi connectivity index (χ1) is 9.11. The minimum Gasteiger partial charge on any atom is -0.372 e. The molecule has 0 radical (unpaired) electrons. The Kier molecular flexibility index (Phi) is 4.27. The van der Waals surface area contributed by atoms with E-state index in [9.17, 15) is 10.0 Å². The molecular formula is C14H21N3O2. The van der Waals surface area contributed by atoms with Gasteiger partial charge in [0.2, 0.25) is 0 Å². The number of urea groups is 1. The monoisotopic (exact) mass is 263 g/mol. The lowest BCUT2D eigenvalue weighted by molar-refractivity contribution is -0.0470. The molecule has 0 bridgehead atoms. The Morgan fingerprint density at radius 2 is 2.26 bits per heavy atom. The number of fused-ring (bicyclic) bond motifs is 1. The molecule has 1 aliphatic rings. The summed E-state index contributed by atoms with van der Waals surface area (Å²) in [6, 6.07) is 5.26. The lowest BCUT2D eigenvalue weighted by atomic mass is 10.0. The van der Waals surface area contributed by atoms with Crippen molar-refractivity contribution < 1.29 is 10.0 Å². The van der Waals surface area contributed by atoms with E-state index in [0.717, 1.165) is 25.1 Å². The molecule has 2 amide bonds. The quantitative estimate of drug-likeness (QED) is 0.648. The van der Waals surface area contributed by atoms with Gasteiger partial charge in [0, 0.05) is 18.8 Å². The minimum atomic E-state index is -0.829. The molecular weight excluding hydrogens is 242 g/mol. The van der Waals surface area contributed by atoms with Crippen LogP contribution in [0.4, 0.5) is 10.5 Å². The Morgan fingerprint density at radius 3 is 2.95 bits per heavy atom. The van der Waals surface area contributed by atoms with E-state index in [0.29, 0.717) is 5.06 Å². The van der Waals surface area contributed by atoms with Gasteiger partial charge in [-0.05, 0) is 43.4 Å². The van der Waals surface area contributed by atoms with Crippen molar-refractivity contribution in [2.45, 2.75) is 32.7 Å². The number of primary amides is 1. The molecule has 1 aliphatic heterocycles. The second-order valence-corrected chi connectivity index (χ2v) is 4.90. The summed E-state index contributed by atoms with van der Waals surface area (Å²) < 4.78 is 0. The summed E-state index contributed by atoms with van der Waals surface area (Å²) in [6.45, 7) is 4.39. The van der Waals surface area contributed by atoms with Crippen LogP contribution in [0, 0.1) is 0 Å². The van der Waals surface area contributed by atoms with Crippen LogP contribution >= 0.6 is 0 Å². The molecule has 0 saturated heterocycles. The van der Waals surface area contributed by atoms with Crippen molar-refractivity contribution in [3.8, 4) is 0 Å². The van der Waals surface area contributed by atoms with Crippen molar-refractivity contribution in [3.63, 3.8) is 0 Å². The van der Waals surface area contributed by atoms with Gasteiger partial charge in [-0.3, -0.25) is 5.21 Å². The zero-order valence-electron chi connectivity index (χ0n) is 11.3. The van der Waals surface area contributed by atoms with Gasteiger partial charge in [0.05, 0.1) is 6.54 Å². The molecule has 0 spiro atoms. The Morgan fingerprint density at radius 1 is 1.47 bits per heavy atom. The molecule has 0 unspecified atom stereocenters. The number of carbonyl (C=O) groups is 1. The van der Waals surface area contributed by atoms with E-state index >= 15 is 0 Å². The van der Waals surface area contributed by atoms with Crippen molar-refractivity contribution >= 4 is 11.7 Å². The predicted molar refractivity (Wildman–Crippen MR) is 74.2 cm³/mol. The van der Waals surface area contributed by atoms with Crippen LogP contribution in [0.1, 0.15) is 30.9 Å². The first kappa shape index (κ1) is 13.7. The lowest BCUT2D eigenvalue weighted by Crippen LogP contribution is -2.32. The number of amides is 2. The number of hydrogen-bond donors (Lipinski definition) is 2. The zero-order valence-corrected chi connectivity index (χ0v) is 11.3. The maximum atomic E-state index is 10.8. The summed E-state index contributed by atoms with van der Waals surface area (Å²) in [7, 11) is 0. The first-order valence-electron chi connectivity index (χ1n) is 6.74. The molecule has 5 nitrogen and oxygen atoms in total. The zero-order chi connectivity index (χ0) is 13.8. The van der Waals surface area contributed by atoms with E-state index in [1.165, 1.54) is 24.1 Å². The van der Waals surface area contributed by atoms with Crippen LogP contribution in [0.2, 0.25) is 0 Å². The molecule has 19 heavy (non-hydrogen) atoms. The Hall–Kier alpha value is -1.75. The number of carbonyl (C=O) groups excluding carboxylic acids is 1. The van der Waals surface area contributed by atoms with Crippen molar-refractivity contribution in [2.24, 2.45) is 5.73 Å². The highest BCUT2D eigenvalue weighted by Crippen LogP contribution is 2.27. The number of aryl methyl sites for hydroxylation is 1. The third-order valence-electron chi connectivity index (χ3n) is 3.58. The lowest BCUT2D eigenvalue weighted by Gasteiger charge is -2.23. The Labute approximate surface area is 113 Å². The fourth-order valence-electron chi connectivity index (χ4n) is 2.56. The summed E-state index contributed by atoms with van der Waals surface area (Å²) in [4.78, 5) is 13.2. The van der Waals surface area contributed by atoms with Crippen molar-refractivity contribution in [1.29, 1.82) is 0 Å². The van der Waals surface area contributed by atoms with Crippen LogP contribution in [-0.2, 0) is 13.0 Å². The molecule has 5 heteroatoms. The number of nitrogens with zero attached hydrogens (tertiary/aromatic N) is 2. The van der Waals surface area contributed by atoms with Crippen LogP contribution in [0.5, 0.6) is 0 Å². The average Bonchev–Trinajstić information content (AvgIpc) is 2.59. The fraction of sp³-hybridized carbons (Fsp3) is 0.500. The summed E-state index contributed by atoms with van der Waals surface area (Å²) in [5.41, 5.74) is 8.48. The largest absolute Gasteiger partial charge is 0.372 e. The average molecular weight is 263 g/mol. The number of benzene rings is 1. The standard InChI is InChI=1S/C14H21N3O2/c1-2-16-8-4-3-5-12-9-11(6-7-13(12)16)10-17(19)14(15)18/h6-7,9,19H,2-5,8,10H2,1H3,(H2,15,18). The van der Waals surface area contributed by atoms with Crippen LogP contribution < -0.4 is 10.6 Å². The summed E-state index contributed by atoms with van der Waals surface area (Å²) in [5.74, 6) is 0. The molecule has 0 fully saturated rings. The van der Waals surface area contributed by atoms with Crippen LogP contribution in [0.25, 0.3) is 0 Å². The Bertz CT molecular complexity index is 462. The van der Waals surface area contributed by atoms with Crippen LogP contribution in [0.15, 0.2) is 18.2 Å². The van der Waals surface area contributed by atoms with Crippen LogP contribution in [-0.4, -0.2) is 29.4 Å². The molecule has 104 valence electrons. The van der Waals surface area contributed by atoms with Gasteiger partial charge in [-0.2, -0.15) is 0 Å². The minimum absolute atomic E-state index is 0.134. The highest BCUT2D eigenvalue weighted by molar-refractivity contribution is 5.70. The van der Waals surface area contributed by atoms with Crippen molar-refractivity contribution in [2.75, 3.05) is 18.0 Å². The van der Waals surface area contributed by atoms with Gasteiger partial charge in [0.15, 0.2) is 0 Å². The van der Waals surface area contributed by atoms with Crippen molar-refractivity contribution in [3.05, 3.63) is 29.3 Å². The topological polar surface area (TPSA) is 69.8 Å². The number of rotatable bonds is 3. The third-order valence-corrected chi connectivity index (χ3v) is 3.58. The predicted octanol–water partition coefficient (Wildman–Crippen LogP) is 2.12. The number of hydroxylamine groups is 2. The fourth-order valence-corrected chi connectivity index (χ4v) is 2.56.